The second kappa shape index (κ2) is 13.6. The number of rotatable bonds is 14. The smallest absolute Gasteiger partial charge is 0.323 e. The van der Waals surface area contributed by atoms with E-state index in [0.717, 1.165) is 53.3 Å². The number of carbonyl (C=O) groups excluding carboxylic acids is 1. The van der Waals surface area contributed by atoms with Crippen molar-refractivity contribution < 1.29 is 28.0 Å². The summed E-state index contributed by atoms with van der Waals surface area (Å²) in [6, 6.07) is 10.6. The highest BCUT2D eigenvalue weighted by Gasteiger charge is 2.29. The summed E-state index contributed by atoms with van der Waals surface area (Å²) >= 11 is 0. The summed E-state index contributed by atoms with van der Waals surface area (Å²) in [5.41, 5.74) is 5.10. The summed E-state index contributed by atoms with van der Waals surface area (Å²) in [6.07, 6.45) is 4.19. The number of carbonyl (C=O) groups is 2. The molecule has 0 saturated carbocycles. The van der Waals surface area contributed by atoms with E-state index >= 15 is 0 Å². The first kappa shape index (κ1) is 30.7. The minimum Gasteiger partial charge on any atom is -0.480 e. The van der Waals surface area contributed by atoms with Crippen molar-refractivity contribution in [2.45, 2.75) is 63.5 Å². The van der Waals surface area contributed by atoms with Crippen molar-refractivity contribution in [3.05, 3.63) is 65.5 Å². The minimum atomic E-state index is -4.18. The number of aliphatic carboxylic acids is 1. The van der Waals surface area contributed by atoms with E-state index in [9.17, 15) is 23.1 Å². The van der Waals surface area contributed by atoms with E-state index in [1.807, 2.05) is 39.0 Å². The van der Waals surface area contributed by atoms with Crippen LogP contribution in [-0.2, 0) is 24.4 Å². The molecule has 224 valence electrons. The number of anilines is 1. The molecule has 0 spiro atoms. The van der Waals surface area contributed by atoms with Crippen LogP contribution in [0, 0.1) is 20.8 Å². The Kier molecular flexibility index (Phi) is 9.96. The largest absolute Gasteiger partial charge is 0.480 e. The van der Waals surface area contributed by atoms with Gasteiger partial charge in [0.15, 0.2) is 5.95 Å². The van der Waals surface area contributed by atoms with Gasteiger partial charge in [0.2, 0.25) is 10.0 Å². The third-order valence-corrected chi connectivity index (χ3v) is 8.43. The van der Waals surface area contributed by atoms with Crippen LogP contribution in [0.4, 0.5) is 5.95 Å². The third kappa shape index (κ3) is 7.95. The maximum Gasteiger partial charge on any atom is 0.323 e. The molecule has 42 heavy (non-hydrogen) atoms. The number of amides is 1. The normalized spacial score (nSPS) is 15.5. The number of aromatic amines is 1. The van der Waals surface area contributed by atoms with Crippen molar-refractivity contribution in [3.8, 4) is 11.1 Å². The van der Waals surface area contributed by atoms with E-state index < -0.39 is 34.5 Å². The van der Waals surface area contributed by atoms with E-state index in [4.69, 9.17) is 4.84 Å². The first-order valence-corrected chi connectivity index (χ1v) is 15.2. The fraction of sp³-hybridized carbons (Fsp3) is 0.379. The molecule has 2 aromatic carbocycles. The first-order valence-electron chi connectivity index (χ1n) is 13.7. The fourth-order valence-electron chi connectivity index (χ4n) is 4.73. The zero-order valence-corrected chi connectivity index (χ0v) is 24.6. The maximum atomic E-state index is 13.0. The Hall–Kier alpha value is -4.23. The zero-order valence-electron chi connectivity index (χ0n) is 23.8. The lowest BCUT2D eigenvalue weighted by Gasteiger charge is -2.16. The summed E-state index contributed by atoms with van der Waals surface area (Å²) in [5.74, 6) is -1.30. The average Bonchev–Trinajstić information content (AvgIpc) is 3.59. The number of carboxylic acids is 1. The Morgan fingerprint density at radius 1 is 1.10 bits per heavy atom. The van der Waals surface area contributed by atoms with Crippen LogP contribution >= 0.6 is 0 Å². The molecule has 2 heterocycles. The standard InChI is InChI=1S/C29H36N6O6S/c1-18-7-6-8-19(2)26(18)21-10-12-23(13-11-21)42(39,40)35-25(28(37)38)17-31-27(36)24-15-22(41-34-24)9-4-5-14-30-29-32-16-20(3)33-29/h6-8,10-13,16,22,25,35H,4-5,9,14-15,17H2,1-3H3,(H,31,36)(H,37,38)(H2,30,32,33). The van der Waals surface area contributed by atoms with Crippen molar-refractivity contribution in [1.29, 1.82) is 0 Å². The highest BCUT2D eigenvalue weighted by Crippen LogP contribution is 2.28. The molecule has 1 aromatic heterocycles. The summed E-state index contributed by atoms with van der Waals surface area (Å²) in [7, 11) is -4.18. The lowest BCUT2D eigenvalue weighted by Crippen LogP contribution is -2.49. The highest BCUT2D eigenvalue weighted by atomic mass is 32.2. The molecule has 12 nitrogen and oxygen atoms in total. The van der Waals surface area contributed by atoms with Crippen LogP contribution in [0.5, 0.6) is 0 Å². The number of unbranched alkanes of at least 4 members (excludes halogenated alkanes) is 1. The molecule has 13 heteroatoms. The number of nitrogens with zero attached hydrogens (tertiary/aromatic N) is 2. The van der Waals surface area contributed by atoms with Gasteiger partial charge in [0, 0.05) is 31.4 Å². The van der Waals surface area contributed by atoms with Gasteiger partial charge in [-0.2, -0.15) is 4.72 Å². The van der Waals surface area contributed by atoms with E-state index in [0.29, 0.717) is 6.42 Å². The zero-order chi connectivity index (χ0) is 30.3. The number of benzene rings is 2. The summed E-state index contributed by atoms with van der Waals surface area (Å²) < 4.78 is 28.1. The summed E-state index contributed by atoms with van der Waals surface area (Å²) in [6.45, 7) is 6.16. The van der Waals surface area contributed by atoms with Gasteiger partial charge in [-0.05, 0) is 74.4 Å². The molecule has 0 bridgehead atoms. The molecule has 4 rings (SSSR count). The van der Waals surface area contributed by atoms with Crippen LogP contribution in [-0.4, -0.2) is 66.3 Å². The van der Waals surface area contributed by atoms with Gasteiger partial charge in [-0.1, -0.05) is 35.5 Å². The van der Waals surface area contributed by atoms with E-state index in [-0.39, 0.29) is 23.1 Å². The van der Waals surface area contributed by atoms with Gasteiger partial charge in [0.1, 0.15) is 17.9 Å². The second-order valence-electron chi connectivity index (χ2n) is 10.3. The monoisotopic (exact) mass is 596 g/mol. The summed E-state index contributed by atoms with van der Waals surface area (Å²) in [4.78, 5) is 37.0. The number of imidazole rings is 1. The molecule has 2 unspecified atom stereocenters. The molecule has 3 aromatic rings. The topological polar surface area (TPSA) is 175 Å². The number of carboxylic acid groups (broad SMARTS) is 1. The molecule has 0 radical (unpaired) electrons. The van der Waals surface area contributed by atoms with Crippen LogP contribution < -0.4 is 15.4 Å². The number of hydrogen-bond acceptors (Lipinski definition) is 8. The number of nitrogens with one attached hydrogen (secondary N) is 4. The van der Waals surface area contributed by atoms with Gasteiger partial charge in [0.25, 0.3) is 5.91 Å². The van der Waals surface area contributed by atoms with Gasteiger partial charge < -0.3 is 25.6 Å². The van der Waals surface area contributed by atoms with E-state index in [2.05, 4.69) is 30.5 Å². The summed E-state index contributed by atoms with van der Waals surface area (Å²) in [5, 5.41) is 19.1. The van der Waals surface area contributed by atoms with Crippen LogP contribution in [0.25, 0.3) is 11.1 Å². The van der Waals surface area contributed by atoms with Crippen molar-refractivity contribution in [3.63, 3.8) is 0 Å². The predicted molar refractivity (Wildman–Crippen MR) is 159 cm³/mol. The Labute approximate surface area is 245 Å². The molecule has 2 atom stereocenters. The molecular weight excluding hydrogens is 560 g/mol. The van der Waals surface area contributed by atoms with Gasteiger partial charge in [-0.3, -0.25) is 9.59 Å². The molecule has 1 amide bonds. The average molecular weight is 597 g/mol. The van der Waals surface area contributed by atoms with Crippen molar-refractivity contribution >= 4 is 33.6 Å². The van der Waals surface area contributed by atoms with Crippen LogP contribution in [0.15, 0.2) is 58.7 Å². The number of oxime groups is 1. The Bertz CT molecular complexity index is 1530. The Balaban J connectivity index is 1.24. The number of H-pyrrole nitrogens is 1. The Morgan fingerprint density at radius 3 is 2.45 bits per heavy atom. The Morgan fingerprint density at radius 2 is 1.81 bits per heavy atom. The van der Waals surface area contributed by atoms with Crippen LogP contribution in [0.1, 0.15) is 42.5 Å². The fourth-order valence-corrected chi connectivity index (χ4v) is 5.91. The first-order chi connectivity index (χ1) is 20.0. The molecule has 0 fully saturated rings. The van der Waals surface area contributed by atoms with Crippen molar-refractivity contribution in [2.24, 2.45) is 5.16 Å². The van der Waals surface area contributed by atoms with Crippen molar-refractivity contribution in [1.82, 2.24) is 20.0 Å². The van der Waals surface area contributed by atoms with Crippen LogP contribution in [0.2, 0.25) is 0 Å². The molecular formula is C29H36N6O6S. The lowest BCUT2D eigenvalue weighted by molar-refractivity contribution is -0.138. The number of aromatic nitrogens is 2. The molecule has 5 N–H and O–H groups in total. The van der Waals surface area contributed by atoms with Crippen LogP contribution in [0.3, 0.4) is 0 Å². The molecule has 0 aliphatic carbocycles. The minimum absolute atomic E-state index is 0.0825. The quantitative estimate of drug-likeness (QED) is 0.176. The second-order valence-corrected chi connectivity index (χ2v) is 12.0. The van der Waals surface area contributed by atoms with E-state index in [1.165, 1.54) is 12.1 Å². The third-order valence-electron chi connectivity index (χ3n) is 6.94. The van der Waals surface area contributed by atoms with Gasteiger partial charge in [-0.15, -0.1) is 0 Å². The predicted octanol–water partition coefficient (Wildman–Crippen LogP) is 3.28. The lowest BCUT2D eigenvalue weighted by atomic mass is 9.96. The number of aryl methyl sites for hydroxylation is 3. The molecule has 1 aliphatic heterocycles. The van der Waals surface area contributed by atoms with Gasteiger partial charge >= 0.3 is 5.97 Å². The maximum absolute atomic E-state index is 13.0. The number of hydrogen-bond donors (Lipinski definition) is 5. The van der Waals surface area contributed by atoms with Gasteiger partial charge in [0.05, 0.1) is 4.90 Å². The van der Waals surface area contributed by atoms with Gasteiger partial charge in [-0.25, -0.2) is 13.4 Å². The molecule has 1 aliphatic rings. The SMILES string of the molecule is Cc1cnc(NCCCCC2CC(C(=O)NCC(NS(=O)(=O)c3ccc(-c4c(C)cccc4C)cc3)C(=O)O)=NO2)[nH]1. The number of sulfonamides is 1. The highest BCUT2D eigenvalue weighted by molar-refractivity contribution is 7.89. The van der Waals surface area contributed by atoms with E-state index in [1.54, 1.807) is 18.3 Å². The van der Waals surface area contributed by atoms with Crippen molar-refractivity contribution in [2.75, 3.05) is 18.4 Å². The molecule has 0 saturated heterocycles.